The number of nitrogens with zero attached hydrogens (tertiary/aromatic N) is 3. The highest BCUT2D eigenvalue weighted by molar-refractivity contribution is 5.85. The van der Waals surface area contributed by atoms with Crippen LogP contribution in [0.25, 0.3) is 5.65 Å². The summed E-state index contributed by atoms with van der Waals surface area (Å²) in [7, 11) is 0. The van der Waals surface area contributed by atoms with E-state index in [1.165, 1.54) is 0 Å². The number of aromatic nitrogens is 3. The first kappa shape index (κ1) is 12.2. The van der Waals surface area contributed by atoms with Crippen molar-refractivity contribution in [3.63, 3.8) is 0 Å². The van der Waals surface area contributed by atoms with Crippen LogP contribution >= 0.6 is 24.8 Å². The highest BCUT2D eigenvalue weighted by atomic mass is 35.5. The molecule has 0 atom stereocenters. The van der Waals surface area contributed by atoms with Crippen molar-refractivity contribution in [3.8, 4) is 0 Å². The Morgan fingerprint density at radius 3 is 2.77 bits per heavy atom. The molecule has 13 heavy (non-hydrogen) atoms. The second kappa shape index (κ2) is 5.01. The molecule has 0 radical (unpaired) electrons. The van der Waals surface area contributed by atoms with E-state index in [1.807, 2.05) is 22.7 Å². The van der Waals surface area contributed by atoms with E-state index in [-0.39, 0.29) is 24.8 Å². The first-order valence-corrected chi connectivity index (χ1v) is 3.38. The molecule has 2 N–H and O–H groups in total. The molecule has 0 amide bonds. The van der Waals surface area contributed by atoms with Gasteiger partial charge in [-0.25, -0.2) is 0 Å². The minimum Gasteiger partial charge on any atom is -0.326 e. The fraction of sp³-hybridized carbons (Fsp3) is 0.143. The number of hydrogen-bond acceptors (Lipinski definition) is 3. The summed E-state index contributed by atoms with van der Waals surface area (Å²) in [5.74, 6) is 0. The van der Waals surface area contributed by atoms with Crippen LogP contribution in [-0.4, -0.2) is 14.6 Å². The Labute approximate surface area is 88.0 Å². The molecule has 0 bridgehead atoms. The fourth-order valence-electron chi connectivity index (χ4n) is 0.994. The molecule has 2 aromatic rings. The zero-order chi connectivity index (χ0) is 7.68. The topological polar surface area (TPSA) is 56.2 Å². The molecule has 0 aliphatic heterocycles. The maximum atomic E-state index is 5.46. The van der Waals surface area contributed by atoms with E-state index in [9.17, 15) is 0 Å². The second-order valence-electron chi connectivity index (χ2n) is 2.34. The SMILES string of the molecule is Cl.Cl.NCc1ccc2nncn2c1. The van der Waals surface area contributed by atoms with Gasteiger partial charge in [-0.2, -0.15) is 0 Å². The molecule has 0 unspecified atom stereocenters. The third-order valence-corrected chi connectivity index (χ3v) is 1.59. The molecule has 2 heterocycles. The number of pyridine rings is 1. The second-order valence-corrected chi connectivity index (χ2v) is 2.34. The zero-order valence-corrected chi connectivity index (χ0v) is 8.38. The predicted octanol–water partition coefficient (Wildman–Crippen LogP) is 1.03. The van der Waals surface area contributed by atoms with Gasteiger partial charge in [-0.15, -0.1) is 35.0 Å². The monoisotopic (exact) mass is 220 g/mol. The van der Waals surface area contributed by atoms with E-state index in [1.54, 1.807) is 6.33 Å². The van der Waals surface area contributed by atoms with Gasteiger partial charge in [0.2, 0.25) is 0 Å². The van der Waals surface area contributed by atoms with Crippen molar-refractivity contribution in [2.75, 3.05) is 0 Å². The van der Waals surface area contributed by atoms with Gasteiger partial charge in [0.25, 0.3) is 0 Å². The van der Waals surface area contributed by atoms with Crippen LogP contribution in [0.3, 0.4) is 0 Å². The van der Waals surface area contributed by atoms with Crippen molar-refractivity contribution in [1.29, 1.82) is 0 Å². The highest BCUT2D eigenvalue weighted by Crippen LogP contribution is 2.01. The van der Waals surface area contributed by atoms with Gasteiger partial charge in [-0.05, 0) is 11.6 Å². The van der Waals surface area contributed by atoms with E-state index in [0.29, 0.717) is 6.54 Å². The number of hydrogen-bond donors (Lipinski definition) is 1. The highest BCUT2D eigenvalue weighted by Gasteiger charge is 1.94. The Balaban J connectivity index is 0.000000720. The Bertz CT molecular complexity index is 373. The minimum absolute atomic E-state index is 0. The lowest BCUT2D eigenvalue weighted by atomic mass is 10.3. The Hall–Kier alpha value is -0.840. The van der Waals surface area contributed by atoms with Crippen molar-refractivity contribution >= 4 is 30.5 Å². The van der Waals surface area contributed by atoms with E-state index in [0.717, 1.165) is 11.2 Å². The van der Waals surface area contributed by atoms with Crippen molar-refractivity contribution < 1.29 is 0 Å². The predicted molar refractivity (Wildman–Crippen MR) is 55.4 cm³/mol. The van der Waals surface area contributed by atoms with E-state index >= 15 is 0 Å². The molecule has 2 aromatic heterocycles. The van der Waals surface area contributed by atoms with Crippen molar-refractivity contribution in [3.05, 3.63) is 30.2 Å². The summed E-state index contributed by atoms with van der Waals surface area (Å²) in [5, 5.41) is 7.62. The fourth-order valence-corrected chi connectivity index (χ4v) is 0.994. The summed E-state index contributed by atoms with van der Waals surface area (Å²) in [4.78, 5) is 0. The standard InChI is InChI=1S/C7H8N4.2ClH/c8-3-6-1-2-7-10-9-5-11(7)4-6;;/h1-2,4-5H,3,8H2;2*1H. The molecule has 2 rings (SSSR count). The average Bonchev–Trinajstić information content (AvgIpc) is 2.50. The van der Waals surface area contributed by atoms with Crippen LogP contribution in [0.15, 0.2) is 24.7 Å². The average molecular weight is 221 g/mol. The van der Waals surface area contributed by atoms with Gasteiger partial charge in [-0.1, -0.05) is 6.07 Å². The van der Waals surface area contributed by atoms with Gasteiger partial charge in [0.1, 0.15) is 6.33 Å². The Morgan fingerprint density at radius 1 is 1.31 bits per heavy atom. The molecule has 0 saturated carbocycles. The summed E-state index contributed by atoms with van der Waals surface area (Å²) in [6.45, 7) is 0.550. The molecule has 6 heteroatoms. The van der Waals surface area contributed by atoms with Crippen LogP contribution in [0.5, 0.6) is 0 Å². The van der Waals surface area contributed by atoms with Gasteiger partial charge in [0.15, 0.2) is 5.65 Å². The molecule has 0 fully saturated rings. The van der Waals surface area contributed by atoms with Gasteiger partial charge in [-0.3, -0.25) is 4.40 Å². The number of rotatable bonds is 1. The summed E-state index contributed by atoms with van der Waals surface area (Å²) in [6.07, 6.45) is 3.59. The third kappa shape index (κ3) is 2.30. The van der Waals surface area contributed by atoms with Gasteiger partial charge in [0, 0.05) is 12.7 Å². The number of fused-ring (bicyclic) bond motifs is 1. The van der Waals surface area contributed by atoms with E-state index in [4.69, 9.17) is 5.73 Å². The van der Waals surface area contributed by atoms with Crippen LogP contribution in [0.4, 0.5) is 0 Å². The molecule has 0 saturated heterocycles. The smallest absolute Gasteiger partial charge is 0.160 e. The first-order chi connectivity index (χ1) is 5.40. The van der Waals surface area contributed by atoms with Crippen molar-refractivity contribution in [1.82, 2.24) is 14.6 Å². The lowest BCUT2D eigenvalue weighted by Crippen LogP contribution is -1.97. The first-order valence-electron chi connectivity index (χ1n) is 3.38. The number of halogens is 2. The molecular formula is C7H10Cl2N4. The normalized spacial score (nSPS) is 9.00. The third-order valence-electron chi connectivity index (χ3n) is 1.59. The van der Waals surface area contributed by atoms with Gasteiger partial charge < -0.3 is 5.73 Å². The summed E-state index contributed by atoms with van der Waals surface area (Å²) < 4.78 is 1.85. The maximum Gasteiger partial charge on any atom is 0.160 e. The van der Waals surface area contributed by atoms with E-state index in [2.05, 4.69) is 10.2 Å². The van der Waals surface area contributed by atoms with Gasteiger partial charge >= 0.3 is 0 Å². The molecule has 0 aliphatic rings. The molecule has 72 valence electrons. The Morgan fingerprint density at radius 2 is 2.08 bits per heavy atom. The van der Waals surface area contributed by atoms with Crippen LogP contribution in [0.2, 0.25) is 0 Å². The molecular weight excluding hydrogens is 211 g/mol. The quantitative estimate of drug-likeness (QED) is 0.782. The van der Waals surface area contributed by atoms with Crippen LogP contribution < -0.4 is 5.73 Å². The van der Waals surface area contributed by atoms with Crippen molar-refractivity contribution in [2.45, 2.75) is 6.54 Å². The van der Waals surface area contributed by atoms with Gasteiger partial charge in [0.05, 0.1) is 0 Å². The molecule has 4 nitrogen and oxygen atoms in total. The van der Waals surface area contributed by atoms with Crippen LogP contribution in [0.1, 0.15) is 5.56 Å². The minimum atomic E-state index is 0. The largest absolute Gasteiger partial charge is 0.326 e. The van der Waals surface area contributed by atoms with Crippen LogP contribution in [-0.2, 0) is 6.54 Å². The number of nitrogens with two attached hydrogens (primary N) is 1. The summed E-state index contributed by atoms with van der Waals surface area (Å²) >= 11 is 0. The lowest BCUT2D eigenvalue weighted by Gasteiger charge is -1.95. The zero-order valence-electron chi connectivity index (χ0n) is 6.75. The van der Waals surface area contributed by atoms with Crippen molar-refractivity contribution in [2.24, 2.45) is 5.73 Å². The molecule has 0 aromatic carbocycles. The molecule has 0 aliphatic carbocycles. The summed E-state index contributed by atoms with van der Waals surface area (Å²) in [5.41, 5.74) is 7.39. The molecule has 0 spiro atoms. The maximum absolute atomic E-state index is 5.46. The van der Waals surface area contributed by atoms with Crippen LogP contribution in [0, 0.1) is 0 Å². The lowest BCUT2D eigenvalue weighted by molar-refractivity contribution is 1.02. The van der Waals surface area contributed by atoms with E-state index < -0.39 is 0 Å². The Kier molecular flexibility index (Phi) is 4.69. The summed E-state index contributed by atoms with van der Waals surface area (Å²) in [6, 6.07) is 3.85.